The molecule has 236 valence electrons. The number of alkyl halides is 8. The Morgan fingerprint density at radius 2 is 1.53 bits per heavy atom. The molecule has 2 amide bonds. The van der Waals surface area contributed by atoms with Gasteiger partial charge in [-0.05, 0) is 48.7 Å². The molecule has 6 nitrogen and oxygen atoms in total. The van der Waals surface area contributed by atoms with Crippen molar-refractivity contribution in [1.29, 1.82) is 0 Å². The normalized spacial score (nSPS) is 15.1. The molecule has 1 aromatic heterocycles. The fourth-order valence-corrected chi connectivity index (χ4v) is 4.18. The standard InChI is InChI=1S/C21H16F8N4O2.C6H10F2/c22-11-2-3-13(23)12(6-11)19(35)31-9-17-32-14-4-1-10(5-15(14)33-17)8-30-18(34)7-16(20(24,25)26)21(27,28)29;7-6(8)4-2-1-3-5-6/h1-6,16H,7-9H2,(H,30,34)(H,31,35)(H,32,33);1-5H2. The maximum Gasteiger partial charge on any atom is 0.400 e. The second-order valence-corrected chi connectivity index (χ2v) is 9.88. The molecule has 2 aromatic carbocycles. The molecule has 0 radical (unpaired) electrons. The quantitative estimate of drug-likeness (QED) is 0.244. The summed E-state index contributed by atoms with van der Waals surface area (Å²) in [7, 11) is 0. The van der Waals surface area contributed by atoms with Gasteiger partial charge in [0.1, 0.15) is 17.5 Å². The number of benzene rings is 2. The molecule has 0 saturated heterocycles. The monoisotopic (exact) mass is 628 g/mol. The number of halogens is 10. The lowest BCUT2D eigenvalue weighted by Gasteiger charge is -2.22. The van der Waals surface area contributed by atoms with Gasteiger partial charge in [-0.25, -0.2) is 22.5 Å². The molecule has 0 aliphatic heterocycles. The van der Waals surface area contributed by atoms with Crippen LogP contribution in [0.3, 0.4) is 0 Å². The number of amides is 2. The molecule has 1 aliphatic carbocycles. The van der Waals surface area contributed by atoms with E-state index in [0.717, 1.165) is 24.6 Å². The zero-order valence-electron chi connectivity index (χ0n) is 22.2. The Balaban J connectivity index is 0.000000546. The van der Waals surface area contributed by atoms with Crippen molar-refractivity contribution in [2.24, 2.45) is 5.92 Å². The van der Waals surface area contributed by atoms with Crippen molar-refractivity contribution in [3.8, 4) is 0 Å². The summed E-state index contributed by atoms with van der Waals surface area (Å²) in [6, 6.07) is 6.76. The molecule has 3 aromatic rings. The zero-order chi connectivity index (χ0) is 32.0. The molecule has 43 heavy (non-hydrogen) atoms. The van der Waals surface area contributed by atoms with Gasteiger partial charge in [-0.1, -0.05) is 12.5 Å². The van der Waals surface area contributed by atoms with Crippen LogP contribution >= 0.6 is 0 Å². The van der Waals surface area contributed by atoms with Crippen LogP contribution in [0.5, 0.6) is 0 Å². The predicted molar refractivity (Wildman–Crippen MR) is 134 cm³/mol. The number of fused-ring (bicyclic) bond motifs is 1. The molecule has 1 saturated carbocycles. The number of carbonyl (C=O) groups excluding carboxylic acids is 2. The minimum atomic E-state index is -5.61. The number of hydrogen-bond acceptors (Lipinski definition) is 3. The Morgan fingerprint density at radius 3 is 2.12 bits per heavy atom. The Bertz CT molecular complexity index is 1400. The van der Waals surface area contributed by atoms with Gasteiger partial charge in [-0.3, -0.25) is 9.59 Å². The molecule has 1 aliphatic rings. The van der Waals surface area contributed by atoms with Crippen molar-refractivity contribution < 1.29 is 53.5 Å². The van der Waals surface area contributed by atoms with Crippen LogP contribution in [0.15, 0.2) is 36.4 Å². The summed E-state index contributed by atoms with van der Waals surface area (Å²) in [5.41, 5.74) is 0.636. The third-order valence-corrected chi connectivity index (χ3v) is 6.44. The highest BCUT2D eigenvalue weighted by Gasteiger charge is 2.57. The number of hydrogen-bond donors (Lipinski definition) is 3. The van der Waals surface area contributed by atoms with Crippen LogP contribution in [0.2, 0.25) is 0 Å². The van der Waals surface area contributed by atoms with Crippen molar-refractivity contribution in [3.63, 3.8) is 0 Å². The summed E-state index contributed by atoms with van der Waals surface area (Å²) < 4.78 is 127. The van der Waals surface area contributed by atoms with Crippen LogP contribution in [-0.4, -0.2) is 40.1 Å². The van der Waals surface area contributed by atoms with Gasteiger partial charge in [0.15, 0.2) is 5.92 Å². The first kappa shape index (κ1) is 33.6. The topological polar surface area (TPSA) is 86.9 Å². The lowest BCUT2D eigenvalue weighted by atomic mass is 9.97. The van der Waals surface area contributed by atoms with E-state index < -0.39 is 59.6 Å². The van der Waals surface area contributed by atoms with Crippen LogP contribution in [0.1, 0.15) is 60.3 Å². The van der Waals surface area contributed by atoms with Crippen molar-refractivity contribution >= 4 is 22.8 Å². The van der Waals surface area contributed by atoms with Crippen molar-refractivity contribution in [1.82, 2.24) is 20.6 Å². The largest absolute Gasteiger partial charge is 0.400 e. The van der Waals surface area contributed by atoms with Gasteiger partial charge in [0.2, 0.25) is 11.8 Å². The molecule has 0 spiro atoms. The number of rotatable bonds is 7. The Hall–Kier alpha value is -3.85. The number of H-pyrrole nitrogens is 1. The number of aromatic nitrogens is 2. The second-order valence-electron chi connectivity index (χ2n) is 9.88. The fourth-order valence-electron chi connectivity index (χ4n) is 4.18. The van der Waals surface area contributed by atoms with Crippen LogP contribution in [0.25, 0.3) is 11.0 Å². The highest BCUT2D eigenvalue weighted by Crippen LogP contribution is 2.41. The number of imidazole rings is 1. The number of aromatic amines is 1. The Morgan fingerprint density at radius 1 is 0.884 bits per heavy atom. The number of nitrogens with one attached hydrogen (secondary N) is 3. The summed E-state index contributed by atoms with van der Waals surface area (Å²) >= 11 is 0. The van der Waals surface area contributed by atoms with Gasteiger partial charge in [-0.15, -0.1) is 0 Å². The molecule has 0 unspecified atom stereocenters. The van der Waals surface area contributed by atoms with E-state index in [-0.39, 0.29) is 31.8 Å². The average molecular weight is 629 g/mol. The van der Waals surface area contributed by atoms with Gasteiger partial charge >= 0.3 is 12.4 Å². The maximum atomic E-state index is 13.7. The minimum absolute atomic E-state index is 0.118. The third-order valence-electron chi connectivity index (χ3n) is 6.44. The lowest BCUT2D eigenvalue weighted by Crippen LogP contribution is -2.40. The smallest absolute Gasteiger partial charge is 0.352 e. The van der Waals surface area contributed by atoms with Crippen molar-refractivity contribution in [2.75, 3.05) is 0 Å². The van der Waals surface area contributed by atoms with Gasteiger partial charge in [0.05, 0.1) is 23.1 Å². The van der Waals surface area contributed by atoms with E-state index >= 15 is 0 Å². The Kier molecular flexibility index (Phi) is 10.7. The number of carbonyl (C=O) groups is 2. The molecule has 1 fully saturated rings. The maximum absolute atomic E-state index is 13.7. The molecule has 16 heteroatoms. The van der Waals surface area contributed by atoms with Gasteiger partial charge < -0.3 is 15.6 Å². The van der Waals surface area contributed by atoms with Crippen molar-refractivity contribution in [3.05, 3.63) is 65.0 Å². The van der Waals surface area contributed by atoms with E-state index in [9.17, 15) is 53.5 Å². The molecular formula is C27H26F10N4O2. The van der Waals surface area contributed by atoms with E-state index in [1.165, 1.54) is 18.2 Å². The van der Waals surface area contributed by atoms with Gasteiger partial charge in [0, 0.05) is 25.8 Å². The van der Waals surface area contributed by atoms with Gasteiger partial charge in [-0.2, -0.15) is 26.3 Å². The molecule has 4 rings (SSSR count). The SMILES string of the molecule is FC1(F)CCCCC1.O=C(CC(C(F)(F)F)C(F)(F)F)NCc1ccc2nc(CNC(=O)c3cc(F)ccc3F)[nH]c2c1. The van der Waals surface area contributed by atoms with E-state index in [1.807, 2.05) is 5.32 Å². The van der Waals surface area contributed by atoms with E-state index in [4.69, 9.17) is 0 Å². The van der Waals surface area contributed by atoms with Gasteiger partial charge in [0.25, 0.3) is 5.91 Å². The number of nitrogens with zero attached hydrogens (tertiary/aromatic N) is 1. The lowest BCUT2D eigenvalue weighted by molar-refractivity contribution is -0.284. The van der Waals surface area contributed by atoms with Crippen LogP contribution in [-0.2, 0) is 17.9 Å². The fraction of sp³-hybridized carbons (Fsp3) is 0.444. The molecule has 3 N–H and O–H groups in total. The summed E-state index contributed by atoms with van der Waals surface area (Å²) in [6.07, 6.45) is -10.4. The van der Waals surface area contributed by atoms with E-state index in [1.54, 1.807) is 0 Å². The first-order valence-corrected chi connectivity index (χ1v) is 12.9. The summed E-state index contributed by atoms with van der Waals surface area (Å²) in [4.78, 5) is 30.7. The highest BCUT2D eigenvalue weighted by molar-refractivity contribution is 5.94. The average Bonchev–Trinajstić information content (AvgIpc) is 3.32. The Labute approximate surface area is 238 Å². The van der Waals surface area contributed by atoms with Crippen molar-refractivity contribution in [2.45, 2.75) is 69.9 Å². The molecule has 1 heterocycles. The first-order valence-electron chi connectivity index (χ1n) is 12.9. The van der Waals surface area contributed by atoms with E-state index in [2.05, 4.69) is 15.3 Å². The summed E-state index contributed by atoms with van der Waals surface area (Å²) in [5, 5.41) is 4.38. The second kappa shape index (κ2) is 13.6. The third kappa shape index (κ3) is 10.1. The van der Waals surface area contributed by atoms with Crippen LogP contribution in [0.4, 0.5) is 43.9 Å². The zero-order valence-corrected chi connectivity index (χ0v) is 22.2. The first-order chi connectivity index (χ1) is 19.9. The predicted octanol–water partition coefficient (Wildman–Crippen LogP) is 7.10. The minimum Gasteiger partial charge on any atom is -0.352 e. The molecular weight excluding hydrogens is 602 g/mol. The summed E-state index contributed by atoms with van der Waals surface area (Å²) in [6.45, 7) is -0.535. The van der Waals surface area contributed by atoms with E-state index in [0.29, 0.717) is 29.4 Å². The highest BCUT2D eigenvalue weighted by atomic mass is 19.4. The summed E-state index contributed by atoms with van der Waals surface area (Å²) in [5.74, 6) is -9.90. The molecule has 0 bridgehead atoms. The van der Waals surface area contributed by atoms with Crippen LogP contribution < -0.4 is 10.6 Å². The molecule has 0 atom stereocenters. The van der Waals surface area contributed by atoms with Crippen LogP contribution in [0, 0.1) is 17.6 Å².